The van der Waals surface area contributed by atoms with E-state index in [0.717, 1.165) is 16.3 Å². The fourth-order valence-electron chi connectivity index (χ4n) is 1.67. The number of rotatable bonds is 3. The van der Waals surface area contributed by atoms with Gasteiger partial charge in [-0.25, -0.2) is 4.68 Å². The van der Waals surface area contributed by atoms with Crippen LogP contribution >= 0.6 is 0 Å². The zero-order valence-electron chi connectivity index (χ0n) is 10.0. The minimum Gasteiger partial charge on any atom is -0.220 e. The first kappa shape index (κ1) is 12.8. The van der Waals surface area contributed by atoms with Gasteiger partial charge in [-0.15, -0.1) is 0 Å². The first-order chi connectivity index (χ1) is 8.39. The smallest absolute Gasteiger partial charge is 0.220 e. The number of hydrogen-bond acceptors (Lipinski definition) is 3. The molecule has 0 aliphatic rings. The van der Waals surface area contributed by atoms with Gasteiger partial charge in [-0.3, -0.25) is 0 Å². The van der Waals surface area contributed by atoms with Gasteiger partial charge in [0.2, 0.25) is 0 Å². The van der Waals surface area contributed by atoms with Crippen molar-refractivity contribution in [2.24, 2.45) is 0 Å². The third-order valence-electron chi connectivity index (χ3n) is 2.66. The number of hydrogen-bond donors (Lipinski definition) is 0. The summed E-state index contributed by atoms with van der Waals surface area (Å²) in [6.45, 7) is 4.11. The summed E-state index contributed by atoms with van der Waals surface area (Å²) in [6, 6.07) is 8.31. The van der Waals surface area contributed by atoms with E-state index in [-0.39, 0.29) is 0 Å². The van der Waals surface area contributed by atoms with Crippen LogP contribution in [-0.4, -0.2) is 18.2 Å². The van der Waals surface area contributed by atoms with Crippen LogP contribution in [0.1, 0.15) is 25.3 Å². The minimum atomic E-state index is -4.76. The zero-order chi connectivity index (χ0) is 13.3. The molecule has 0 aliphatic carbocycles. The summed E-state index contributed by atoms with van der Waals surface area (Å²) in [5, 5.41) is 3.37. The van der Waals surface area contributed by atoms with Gasteiger partial charge in [0.25, 0.3) is 0 Å². The van der Waals surface area contributed by atoms with Crippen molar-refractivity contribution in [3.05, 3.63) is 42.1 Å². The van der Waals surface area contributed by atoms with Crippen molar-refractivity contribution in [1.29, 1.82) is 0 Å². The number of halogens is 1. The summed E-state index contributed by atoms with van der Waals surface area (Å²) in [7, 11) is -4.76. The SMILES string of the molecule is CC(C)c1ccc(-n2nccc2S(=O)(=O)F)cc1. The molecule has 0 N–H and O–H groups in total. The molecule has 0 aliphatic heterocycles. The lowest BCUT2D eigenvalue weighted by Gasteiger charge is -2.08. The topological polar surface area (TPSA) is 52.0 Å². The second kappa shape index (κ2) is 4.53. The Morgan fingerprint density at radius 2 is 1.78 bits per heavy atom. The third kappa shape index (κ3) is 2.43. The van der Waals surface area contributed by atoms with Gasteiger partial charge in [0, 0.05) is 0 Å². The van der Waals surface area contributed by atoms with Crippen LogP contribution in [0.5, 0.6) is 0 Å². The zero-order valence-corrected chi connectivity index (χ0v) is 10.9. The van der Waals surface area contributed by atoms with Crippen molar-refractivity contribution in [3.8, 4) is 5.69 Å². The van der Waals surface area contributed by atoms with Crippen molar-refractivity contribution in [2.45, 2.75) is 24.8 Å². The van der Waals surface area contributed by atoms with Crippen molar-refractivity contribution in [3.63, 3.8) is 0 Å². The fraction of sp³-hybridized carbons (Fsp3) is 0.250. The predicted octanol–water partition coefficient (Wildman–Crippen LogP) is 2.65. The summed E-state index contributed by atoms with van der Waals surface area (Å²) in [4.78, 5) is 0. The van der Waals surface area contributed by atoms with Crippen LogP contribution in [0.3, 0.4) is 0 Å². The maximum absolute atomic E-state index is 13.0. The molecule has 0 saturated carbocycles. The molecule has 0 spiro atoms. The highest BCUT2D eigenvalue weighted by Gasteiger charge is 2.18. The number of nitrogens with zero attached hydrogens (tertiary/aromatic N) is 2. The van der Waals surface area contributed by atoms with Gasteiger partial charge in [0.15, 0.2) is 5.03 Å². The van der Waals surface area contributed by atoms with Gasteiger partial charge in [0.05, 0.1) is 11.9 Å². The second-order valence-corrected chi connectivity index (χ2v) is 5.56. The Morgan fingerprint density at radius 1 is 1.17 bits per heavy atom. The van der Waals surface area contributed by atoms with Crippen LogP contribution in [0.4, 0.5) is 3.89 Å². The quantitative estimate of drug-likeness (QED) is 0.804. The van der Waals surface area contributed by atoms with Crippen LogP contribution in [0.15, 0.2) is 41.6 Å². The highest BCUT2D eigenvalue weighted by Crippen LogP contribution is 2.20. The minimum absolute atomic E-state index is 0.376. The van der Waals surface area contributed by atoms with E-state index >= 15 is 0 Å². The molecule has 0 radical (unpaired) electrons. The lowest BCUT2D eigenvalue weighted by atomic mass is 10.0. The standard InChI is InChI=1S/C12H13FN2O2S/c1-9(2)10-3-5-11(6-4-10)15-12(7-8-14-15)18(13,16)17/h3-9H,1-2H3. The molecule has 0 fully saturated rings. The third-order valence-corrected chi connectivity index (χ3v) is 3.47. The monoisotopic (exact) mass is 268 g/mol. The van der Waals surface area contributed by atoms with Crippen LogP contribution in [0, 0.1) is 0 Å². The first-order valence-electron chi connectivity index (χ1n) is 5.48. The molecule has 0 unspecified atom stereocenters. The van der Waals surface area contributed by atoms with E-state index in [1.165, 1.54) is 6.20 Å². The van der Waals surface area contributed by atoms with Crippen molar-refractivity contribution >= 4 is 10.2 Å². The summed E-state index contributed by atoms with van der Waals surface area (Å²) in [5.74, 6) is 0.376. The molecule has 1 aromatic heterocycles. The summed E-state index contributed by atoms with van der Waals surface area (Å²) >= 11 is 0. The molecule has 4 nitrogen and oxygen atoms in total. The van der Waals surface area contributed by atoms with Crippen LogP contribution in [0.25, 0.3) is 5.69 Å². The second-order valence-electron chi connectivity index (χ2n) is 4.27. The number of benzene rings is 1. The molecule has 0 atom stereocenters. The van der Waals surface area contributed by atoms with Gasteiger partial charge in [-0.1, -0.05) is 29.9 Å². The van der Waals surface area contributed by atoms with Gasteiger partial charge in [-0.2, -0.15) is 13.5 Å². The van der Waals surface area contributed by atoms with E-state index in [0.29, 0.717) is 11.6 Å². The molecule has 2 aromatic rings. The van der Waals surface area contributed by atoms with Gasteiger partial charge < -0.3 is 0 Å². The van der Waals surface area contributed by atoms with Crippen LogP contribution < -0.4 is 0 Å². The molecule has 2 rings (SSSR count). The Bertz CT molecular complexity index is 645. The molecule has 18 heavy (non-hydrogen) atoms. The van der Waals surface area contributed by atoms with Gasteiger partial charge in [-0.05, 0) is 29.7 Å². The molecule has 0 bridgehead atoms. The van der Waals surface area contributed by atoms with E-state index in [1.54, 1.807) is 12.1 Å². The average Bonchev–Trinajstić information content (AvgIpc) is 2.77. The highest BCUT2D eigenvalue weighted by molar-refractivity contribution is 7.86. The fourth-order valence-corrected chi connectivity index (χ4v) is 2.25. The average molecular weight is 268 g/mol. The Balaban J connectivity index is 2.47. The summed E-state index contributed by atoms with van der Waals surface area (Å²) in [6.07, 6.45) is 1.25. The van der Waals surface area contributed by atoms with E-state index in [2.05, 4.69) is 18.9 Å². The first-order valence-corrected chi connectivity index (χ1v) is 6.87. The molecule has 6 heteroatoms. The normalized spacial score (nSPS) is 12.0. The van der Waals surface area contributed by atoms with Crippen LogP contribution in [-0.2, 0) is 10.2 Å². The number of aromatic nitrogens is 2. The van der Waals surface area contributed by atoms with Crippen molar-refractivity contribution in [1.82, 2.24) is 9.78 Å². The van der Waals surface area contributed by atoms with Crippen molar-refractivity contribution < 1.29 is 12.3 Å². The van der Waals surface area contributed by atoms with E-state index in [1.807, 2.05) is 12.1 Å². The highest BCUT2D eigenvalue weighted by atomic mass is 32.3. The van der Waals surface area contributed by atoms with Gasteiger partial charge >= 0.3 is 10.2 Å². The van der Waals surface area contributed by atoms with E-state index in [9.17, 15) is 12.3 Å². The Hall–Kier alpha value is -1.69. The molecule has 96 valence electrons. The lowest BCUT2D eigenvalue weighted by molar-refractivity contribution is 0.541. The molecular formula is C12H13FN2O2S. The lowest BCUT2D eigenvalue weighted by Crippen LogP contribution is -2.05. The maximum Gasteiger partial charge on any atom is 0.349 e. The Kier molecular flexibility index (Phi) is 3.21. The van der Waals surface area contributed by atoms with Crippen LogP contribution in [0.2, 0.25) is 0 Å². The molecule has 1 aromatic carbocycles. The largest absolute Gasteiger partial charge is 0.349 e. The molecular weight excluding hydrogens is 255 g/mol. The predicted molar refractivity (Wildman–Crippen MR) is 65.9 cm³/mol. The van der Waals surface area contributed by atoms with Crippen molar-refractivity contribution in [2.75, 3.05) is 0 Å². The summed E-state index contributed by atoms with van der Waals surface area (Å²) in [5.41, 5.74) is 1.64. The molecule has 0 saturated heterocycles. The Labute approximate surface area is 105 Å². The molecule has 0 amide bonds. The van der Waals surface area contributed by atoms with Gasteiger partial charge in [0.1, 0.15) is 0 Å². The maximum atomic E-state index is 13.0. The van der Waals surface area contributed by atoms with E-state index < -0.39 is 15.2 Å². The molecule has 1 heterocycles. The Morgan fingerprint density at radius 3 is 2.28 bits per heavy atom. The van der Waals surface area contributed by atoms with E-state index in [4.69, 9.17) is 0 Å². The summed E-state index contributed by atoms with van der Waals surface area (Å²) < 4.78 is 36.0.